The monoisotopic (exact) mass is 260 g/mol. The van der Waals surface area contributed by atoms with Crippen molar-refractivity contribution in [2.24, 2.45) is 0 Å². The van der Waals surface area contributed by atoms with Crippen molar-refractivity contribution in [2.45, 2.75) is 0 Å². The fraction of sp³-hybridized carbons (Fsp3) is 0. The molecule has 0 aliphatic carbocycles. The molecule has 1 heteroatoms. The molecule has 0 radical (unpaired) electrons. The molecular weight excluding hydrogens is 248 g/mol. The molecule has 3 aromatic carbocycles. The molecule has 0 fully saturated rings. The lowest BCUT2D eigenvalue weighted by Gasteiger charge is -1.99. The molecule has 19 heavy (non-hydrogen) atoms. The van der Waals surface area contributed by atoms with Crippen LogP contribution in [0.5, 0.6) is 0 Å². The van der Waals surface area contributed by atoms with E-state index in [0.717, 1.165) is 0 Å². The van der Waals surface area contributed by atoms with Crippen LogP contribution in [0.1, 0.15) is 0 Å². The van der Waals surface area contributed by atoms with Gasteiger partial charge in [-0.3, -0.25) is 0 Å². The Kier molecular flexibility index (Phi) is 2.39. The van der Waals surface area contributed by atoms with Gasteiger partial charge in [-0.2, -0.15) is 0 Å². The molecule has 5 aromatic rings. The molecule has 2 bridgehead atoms. The summed E-state index contributed by atoms with van der Waals surface area (Å²) in [6.45, 7) is 0. The minimum absolute atomic E-state index is 1.29. The highest BCUT2D eigenvalue weighted by Gasteiger charge is 2.00. The van der Waals surface area contributed by atoms with Gasteiger partial charge in [-0.15, -0.1) is 11.3 Å². The molecule has 0 saturated heterocycles. The van der Waals surface area contributed by atoms with E-state index in [1.807, 2.05) is 11.3 Å². The molecule has 0 aliphatic heterocycles. The number of hydrogen-bond acceptors (Lipinski definition) is 1. The Morgan fingerprint density at radius 2 is 1.16 bits per heavy atom. The maximum absolute atomic E-state index is 2.22. The molecule has 0 spiro atoms. The van der Waals surface area contributed by atoms with Gasteiger partial charge >= 0.3 is 0 Å². The van der Waals surface area contributed by atoms with Crippen LogP contribution in [0.15, 0.2) is 72.8 Å². The van der Waals surface area contributed by atoms with Gasteiger partial charge in [-0.1, -0.05) is 54.6 Å². The van der Waals surface area contributed by atoms with E-state index in [2.05, 4.69) is 72.8 Å². The van der Waals surface area contributed by atoms with Crippen LogP contribution in [-0.4, -0.2) is 0 Å². The Labute approximate surface area is 115 Å². The smallest absolute Gasteiger partial charge is 0.0354 e. The SMILES string of the molecule is c1ccc2c(c1)sc1ccc(cc1)c1ccccc12. The van der Waals surface area contributed by atoms with Gasteiger partial charge in [0.25, 0.3) is 0 Å². The standard InChI is InChI=1S/C18H12S/c1-2-6-16-15(5-1)13-9-11-14(12-10-13)19-18-8-4-3-7-17(16)18/h1-12H. The first-order valence-corrected chi connectivity index (χ1v) is 7.20. The first-order valence-electron chi connectivity index (χ1n) is 6.38. The summed E-state index contributed by atoms with van der Waals surface area (Å²) in [6.07, 6.45) is 0. The molecule has 0 unspecified atom stereocenters. The molecule has 5 rings (SSSR count). The Morgan fingerprint density at radius 3 is 1.95 bits per heavy atom. The largest absolute Gasteiger partial charge is 0.136 e. The van der Waals surface area contributed by atoms with Crippen molar-refractivity contribution in [1.82, 2.24) is 0 Å². The minimum atomic E-state index is 1.29. The number of rotatable bonds is 0. The Balaban J connectivity index is 2.46. The number of hydrogen-bond donors (Lipinski definition) is 0. The van der Waals surface area contributed by atoms with E-state index in [1.54, 1.807) is 0 Å². The summed E-state index contributed by atoms with van der Waals surface area (Å²) in [4.78, 5) is 0. The van der Waals surface area contributed by atoms with Crippen LogP contribution in [0, 0.1) is 0 Å². The number of fused-ring (bicyclic) bond motifs is 2. The van der Waals surface area contributed by atoms with Gasteiger partial charge in [-0.25, -0.2) is 0 Å². The molecule has 0 atom stereocenters. The van der Waals surface area contributed by atoms with Gasteiger partial charge in [0.2, 0.25) is 0 Å². The molecule has 0 amide bonds. The van der Waals surface area contributed by atoms with Crippen LogP contribution in [-0.2, 0) is 0 Å². The summed E-state index contributed by atoms with van der Waals surface area (Å²) in [7, 11) is 0. The maximum atomic E-state index is 2.22. The molecule has 0 saturated carbocycles. The lowest BCUT2D eigenvalue weighted by Crippen LogP contribution is -1.72. The first kappa shape index (κ1) is 10.8. The van der Waals surface area contributed by atoms with E-state index < -0.39 is 0 Å². The minimum Gasteiger partial charge on any atom is -0.136 e. The van der Waals surface area contributed by atoms with Crippen LogP contribution < -0.4 is 0 Å². The van der Waals surface area contributed by atoms with Crippen LogP contribution >= 0.6 is 11.3 Å². The maximum Gasteiger partial charge on any atom is 0.0354 e. The third kappa shape index (κ3) is 1.74. The molecule has 0 nitrogen and oxygen atoms in total. The predicted octanol–water partition coefficient (Wildman–Crippen LogP) is 5.77. The fourth-order valence-electron chi connectivity index (χ4n) is 2.58. The second-order valence-electron chi connectivity index (χ2n) is 4.67. The van der Waals surface area contributed by atoms with E-state index in [9.17, 15) is 0 Å². The van der Waals surface area contributed by atoms with Gasteiger partial charge in [0, 0.05) is 9.40 Å². The van der Waals surface area contributed by atoms with Crippen LogP contribution in [0.25, 0.3) is 30.9 Å². The molecular formula is C18H12S. The average molecular weight is 260 g/mol. The highest BCUT2D eigenvalue weighted by Crippen LogP contribution is 2.29. The van der Waals surface area contributed by atoms with Gasteiger partial charge in [0.15, 0.2) is 0 Å². The topological polar surface area (TPSA) is 0 Å². The lowest BCUT2D eigenvalue weighted by molar-refractivity contribution is 1.81. The van der Waals surface area contributed by atoms with Crippen LogP contribution in [0.2, 0.25) is 0 Å². The summed E-state index contributed by atoms with van der Waals surface area (Å²) in [6, 6.07) is 26.1. The lowest BCUT2D eigenvalue weighted by atomic mass is 10.1. The molecule has 2 heterocycles. The first-order chi connectivity index (χ1) is 9.42. The van der Waals surface area contributed by atoms with Crippen molar-refractivity contribution in [3.05, 3.63) is 72.8 Å². The van der Waals surface area contributed by atoms with Crippen molar-refractivity contribution >= 4 is 42.3 Å². The van der Waals surface area contributed by atoms with Crippen LogP contribution in [0.3, 0.4) is 0 Å². The summed E-state index contributed by atoms with van der Waals surface area (Å²) in [5, 5.41) is 5.24. The molecule has 2 aromatic heterocycles. The van der Waals surface area contributed by atoms with Crippen molar-refractivity contribution in [1.29, 1.82) is 0 Å². The normalized spacial score (nSPS) is 11.2. The van der Waals surface area contributed by atoms with Crippen molar-refractivity contribution in [2.75, 3.05) is 0 Å². The summed E-state index contributed by atoms with van der Waals surface area (Å²) in [5.41, 5.74) is 0. The van der Waals surface area contributed by atoms with Crippen molar-refractivity contribution in [3.63, 3.8) is 0 Å². The van der Waals surface area contributed by atoms with Crippen molar-refractivity contribution < 1.29 is 0 Å². The molecule has 90 valence electrons. The van der Waals surface area contributed by atoms with E-state index in [0.29, 0.717) is 0 Å². The second kappa shape index (κ2) is 4.22. The average Bonchev–Trinajstić information content (AvgIpc) is 2.58. The Bertz CT molecular complexity index is 896. The van der Waals surface area contributed by atoms with Gasteiger partial charge in [0.1, 0.15) is 0 Å². The van der Waals surface area contributed by atoms with E-state index in [1.165, 1.54) is 30.9 Å². The summed E-state index contributed by atoms with van der Waals surface area (Å²) >= 11 is 1.84. The summed E-state index contributed by atoms with van der Waals surface area (Å²) < 4.78 is 2.62. The zero-order valence-corrected chi connectivity index (χ0v) is 11.2. The molecule has 0 aliphatic rings. The quantitative estimate of drug-likeness (QED) is 0.376. The third-order valence-electron chi connectivity index (χ3n) is 3.50. The van der Waals surface area contributed by atoms with Gasteiger partial charge in [-0.05, 0) is 39.7 Å². The highest BCUT2D eigenvalue weighted by molar-refractivity contribution is 7.23. The van der Waals surface area contributed by atoms with Gasteiger partial charge in [0.05, 0.1) is 0 Å². The highest BCUT2D eigenvalue weighted by atomic mass is 32.1. The second-order valence-corrected chi connectivity index (χ2v) is 5.78. The van der Waals surface area contributed by atoms with E-state index >= 15 is 0 Å². The Morgan fingerprint density at radius 1 is 0.526 bits per heavy atom. The summed E-state index contributed by atoms with van der Waals surface area (Å²) in [5.74, 6) is 0. The predicted molar refractivity (Wildman–Crippen MR) is 85.7 cm³/mol. The van der Waals surface area contributed by atoms with Gasteiger partial charge < -0.3 is 0 Å². The Hall–Kier alpha value is -2.12. The fourth-order valence-corrected chi connectivity index (χ4v) is 3.54. The zero-order valence-electron chi connectivity index (χ0n) is 10.3. The van der Waals surface area contributed by atoms with E-state index in [4.69, 9.17) is 0 Å². The third-order valence-corrected chi connectivity index (χ3v) is 4.58. The molecule has 0 N–H and O–H groups in total. The number of benzene rings is 3. The van der Waals surface area contributed by atoms with Crippen molar-refractivity contribution in [3.8, 4) is 0 Å². The zero-order chi connectivity index (χ0) is 12.7. The van der Waals surface area contributed by atoms with Crippen LogP contribution in [0.4, 0.5) is 0 Å². The van der Waals surface area contributed by atoms with E-state index in [-0.39, 0.29) is 0 Å².